The van der Waals surface area contributed by atoms with Gasteiger partial charge in [0.05, 0.1) is 5.56 Å². The number of phenolic OH excluding ortho intramolecular Hbond substituents is 1. The zero-order chi connectivity index (χ0) is 22.7. The topological polar surface area (TPSA) is 58.6 Å². The van der Waals surface area contributed by atoms with Crippen LogP contribution in [0.5, 0.6) is 5.75 Å². The molecule has 32 heavy (non-hydrogen) atoms. The van der Waals surface area contributed by atoms with Crippen LogP contribution in [0.25, 0.3) is 17.2 Å². The molecular formula is C25H20F3NO3. The first-order chi connectivity index (χ1) is 15.3. The molecule has 0 unspecified atom stereocenters. The number of fused-ring (bicyclic) bond motifs is 3. The van der Waals surface area contributed by atoms with Crippen molar-refractivity contribution in [2.24, 2.45) is 0 Å². The Morgan fingerprint density at radius 2 is 1.62 bits per heavy atom. The van der Waals surface area contributed by atoms with Crippen LogP contribution in [0.1, 0.15) is 28.2 Å². The van der Waals surface area contributed by atoms with Gasteiger partial charge in [-0.2, -0.15) is 13.2 Å². The number of carbonyl (C=O) groups excluding carboxylic acids is 1. The molecule has 2 N–H and O–H groups in total. The number of benzene rings is 3. The first kappa shape index (κ1) is 21.5. The van der Waals surface area contributed by atoms with E-state index < -0.39 is 23.6 Å². The molecule has 164 valence electrons. The molecule has 0 saturated carbocycles. The van der Waals surface area contributed by atoms with E-state index in [1.807, 2.05) is 36.4 Å². The Labute approximate surface area is 183 Å². The lowest BCUT2D eigenvalue weighted by molar-refractivity contribution is -0.137. The molecule has 7 heteroatoms. The van der Waals surface area contributed by atoms with Crippen LogP contribution in [0.3, 0.4) is 0 Å². The van der Waals surface area contributed by atoms with E-state index >= 15 is 0 Å². The minimum atomic E-state index is -4.52. The molecule has 3 aromatic carbocycles. The Bertz CT molecular complexity index is 1130. The van der Waals surface area contributed by atoms with Crippen molar-refractivity contribution in [1.82, 2.24) is 5.32 Å². The number of rotatable bonds is 5. The second-order valence-corrected chi connectivity index (χ2v) is 7.38. The number of halogens is 3. The van der Waals surface area contributed by atoms with Crippen LogP contribution in [-0.4, -0.2) is 24.4 Å². The highest BCUT2D eigenvalue weighted by atomic mass is 19.4. The molecule has 0 radical (unpaired) electrons. The van der Waals surface area contributed by atoms with Crippen LogP contribution in [0.15, 0.2) is 72.8 Å². The second-order valence-electron chi connectivity index (χ2n) is 7.38. The summed E-state index contributed by atoms with van der Waals surface area (Å²) in [6, 6.07) is 18.8. The molecule has 0 fully saturated rings. The number of phenols is 1. The molecule has 0 bridgehead atoms. The molecule has 4 nitrogen and oxygen atoms in total. The van der Waals surface area contributed by atoms with Crippen molar-refractivity contribution in [3.05, 3.63) is 95.1 Å². The van der Waals surface area contributed by atoms with Gasteiger partial charge in [0.2, 0.25) is 0 Å². The molecule has 0 aromatic heterocycles. The summed E-state index contributed by atoms with van der Waals surface area (Å²) in [6.07, 6.45) is -2.18. The van der Waals surface area contributed by atoms with E-state index in [-0.39, 0.29) is 24.6 Å². The van der Waals surface area contributed by atoms with Gasteiger partial charge in [0.25, 0.3) is 0 Å². The standard InChI is InChI=1S/C25H20F3NO3/c26-25(27,28)17-12-11-16(23(30)14-17)6-5-13-29-24(31)32-15-22-20-9-3-1-7-18(20)19-8-2-4-10-21(19)22/h1-12,14,22,30H,13,15H2,(H,29,31). The smallest absolute Gasteiger partial charge is 0.416 e. The van der Waals surface area contributed by atoms with E-state index in [0.717, 1.165) is 28.3 Å². The van der Waals surface area contributed by atoms with Crippen molar-refractivity contribution < 1.29 is 27.8 Å². The molecule has 1 amide bonds. The monoisotopic (exact) mass is 439 g/mol. The van der Waals surface area contributed by atoms with E-state index in [9.17, 15) is 23.1 Å². The van der Waals surface area contributed by atoms with Gasteiger partial charge in [-0.25, -0.2) is 4.79 Å². The molecule has 0 aliphatic heterocycles. The maximum Gasteiger partial charge on any atom is 0.416 e. The van der Waals surface area contributed by atoms with Crippen molar-refractivity contribution in [2.75, 3.05) is 13.2 Å². The summed E-state index contributed by atoms with van der Waals surface area (Å²) in [5, 5.41) is 12.3. The third-order valence-corrected chi connectivity index (χ3v) is 5.36. The summed E-state index contributed by atoms with van der Waals surface area (Å²) in [6.45, 7) is 0.278. The van der Waals surface area contributed by atoms with E-state index in [4.69, 9.17) is 4.74 Å². The first-order valence-electron chi connectivity index (χ1n) is 10.00. The summed E-state index contributed by atoms with van der Waals surface area (Å²) in [4.78, 5) is 12.1. The number of hydrogen-bond acceptors (Lipinski definition) is 3. The lowest BCUT2D eigenvalue weighted by Crippen LogP contribution is -2.26. The average molecular weight is 439 g/mol. The fraction of sp³-hybridized carbons (Fsp3) is 0.160. The van der Waals surface area contributed by atoms with Gasteiger partial charge in [-0.1, -0.05) is 66.7 Å². The number of carbonyl (C=O) groups is 1. The zero-order valence-electron chi connectivity index (χ0n) is 16.9. The third-order valence-electron chi connectivity index (χ3n) is 5.36. The Morgan fingerprint density at radius 3 is 2.22 bits per heavy atom. The van der Waals surface area contributed by atoms with E-state index in [0.29, 0.717) is 6.07 Å². The highest BCUT2D eigenvalue weighted by Crippen LogP contribution is 2.44. The fourth-order valence-electron chi connectivity index (χ4n) is 3.84. The molecule has 0 heterocycles. The minimum Gasteiger partial charge on any atom is -0.507 e. The van der Waals surface area contributed by atoms with Crippen LogP contribution < -0.4 is 5.32 Å². The van der Waals surface area contributed by atoms with Gasteiger partial charge >= 0.3 is 12.3 Å². The zero-order valence-corrected chi connectivity index (χ0v) is 16.9. The van der Waals surface area contributed by atoms with E-state index in [2.05, 4.69) is 17.4 Å². The Kier molecular flexibility index (Phi) is 5.90. The van der Waals surface area contributed by atoms with Crippen LogP contribution in [0.4, 0.5) is 18.0 Å². The molecule has 0 spiro atoms. The van der Waals surface area contributed by atoms with Gasteiger partial charge in [-0.3, -0.25) is 0 Å². The maximum absolute atomic E-state index is 12.7. The molecule has 0 atom stereocenters. The van der Waals surface area contributed by atoms with Gasteiger partial charge < -0.3 is 15.2 Å². The fourth-order valence-corrected chi connectivity index (χ4v) is 3.84. The average Bonchev–Trinajstić information content (AvgIpc) is 3.09. The minimum absolute atomic E-state index is 0.0483. The van der Waals surface area contributed by atoms with Crippen molar-refractivity contribution in [2.45, 2.75) is 12.1 Å². The van der Waals surface area contributed by atoms with Crippen LogP contribution >= 0.6 is 0 Å². The number of hydrogen-bond donors (Lipinski definition) is 2. The van der Waals surface area contributed by atoms with Gasteiger partial charge in [0.1, 0.15) is 12.4 Å². The third kappa shape index (κ3) is 4.46. The highest BCUT2D eigenvalue weighted by Gasteiger charge is 2.31. The largest absolute Gasteiger partial charge is 0.507 e. The van der Waals surface area contributed by atoms with Crippen LogP contribution in [0.2, 0.25) is 0 Å². The SMILES string of the molecule is O=C(NCC=Cc1ccc(C(F)(F)F)cc1O)OCC1c2ccccc2-c2ccccc21. The number of nitrogens with one attached hydrogen (secondary N) is 1. The summed E-state index contributed by atoms with van der Waals surface area (Å²) in [5.41, 5.74) is 3.78. The molecule has 4 rings (SSSR count). The van der Waals surface area contributed by atoms with E-state index in [1.165, 1.54) is 18.2 Å². The Morgan fingerprint density at radius 1 is 1.00 bits per heavy atom. The van der Waals surface area contributed by atoms with Gasteiger partial charge in [-0.15, -0.1) is 0 Å². The number of amides is 1. The molecule has 0 saturated heterocycles. The lowest BCUT2D eigenvalue weighted by Gasteiger charge is -2.14. The lowest BCUT2D eigenvalue weighted by atomic mass is 9.98. The van der Waals surface area contributed by atoms with Crippen molar-refractivity contribution >= 4 is 12.2 Å². The Hall–Kier alpha value is -3.74. The second kappa shape index (κ2) is 8.78. The predicted molar refractivity (Wildman–Crippen MR) is 115 cm³/mol. The number of alkyl halides is 3. The summed E-state index contributed by atoms with van der Waals surface area (Å²) in [5.74, 6) is -0.537. The molecule has 3 aromatic rings. The quantitative estimate of drug-likeness (QED) is 0.516. The summed E-state index contributed by atoms with van der Waals surface area (Å²) < 4.78 is 43.4. The predicted octanol–water partition coefficient (Wildman–Crippen LogP) is 5.96. The number of ether oxygens (including phenoxy) is 1. The van der Waals surface area contributed by atoms with Crippen LogP contribution in [0, 0.1) is 0 Å². The normalized spacial score (nSPS) is 13.1. The van der Waals surface area contributed by atoms with Crippen molar-refractivity contribution in [3.8, 4) is 16.9 Å². The number of aromatic hydroxyl groups is 1. The molecule has 1 aliphatic carbocycles. The van der Waals surface area contributed by atoms with Crippen molar-refractivity contribution in [3.63, 3.8) is 0 Å². The number of alkyl carbamates (subject to hydrolysis) is 1. The molecular weight excluding hydrogens is 419 g/mol. The highest BCUT2D eigenvalue weighted by molar-refractivity contribution is 5.79. The van der Waals surface area contributed by atoms with Gasteiger partial charge in [0.15, 0.2) is 0 Å². The summed E-state index contributed by atoms with van der Waals surface area (Å²) >= 11 is 0. The van der Waals surface area contributed by atoms with Crippen LogP contribution in [-0.2, 0) is 10.9 Å². The molecule has 1 aliphatic rings. The van der Waals surface area contributed by atoms with Gasteiger partial charge in [0, 0.05) is 18.0 Å². The maximum atomic E-state index is 12.7. The first-order valence-corrected chi connectivity index (χ1v) is 10.00. The van der Waals surface area contributed by atoms with E-state index in [1.54, 1.807) is 0 Å². The Balaban J connectivity index is 1.32. The van der Waals surface area contributed by atoms with Crippen molar-refractivity contribution in [1.29, 1.82) is 0 Å². The summed E-state index contributed by atoms with van der Waals surface area (Å²) in [7, 11) is 0. The van der Waals surface area contributed by atoms with Gasteiger partial charge in [-0.05, 0) is 34.4 Å².